The molecule has 1 fully saturated rings. The molecule has 1 aliphatic heterocycles. The SMILES string of the molecule is Cc1ccc(N2C[C@H](C(=O)NCC(=O)Nc3ccc(Br)cc3C)CC2=O)cc1. The van der Waals surface area contributed by atoms with Crippen LogP contribution in [-0.2, 0) is 14.4 Å². The van der Waals surface area contributed by atoms with Gasteiger partial charge in [-0.2, -0.15) is 0 Å². The Bertz CT molecular complexity index is 912. The molecule has 0 bridgehead atoms. The number of nitrogens with one attached hydrogen (secondary N) is 2. The van der Waals surface area contributed by atoms with Crippen LogP contribution in [-0.4, -0.2) is 30.8 Å². The van der Waals surface area contributed by atoms with E-state index in [2.05, 4.69) is 26.6 Å². The summed E-state index contributed by atoms with van der Waals surface area (Å²) in [6.45, 7) is 4.06. The topological polar surface area (TPSA) is 78.5 Å². The largest absolute Gasteiger partial charge is 0.347 e. The van der Waals surface area contributed by atoms with Crippen molar-refractivity contribution in [2.45, 2.75) is 20.3 Å². The molecule has 0 saturated carbocycles. The number of carbonyl (C=O) groups is 3. The summed E-state index contributed by atoms with van der Waals surface area (Å²) in [5, 5.41) is 5.42. The van der Waals surface area contributed by atoms with Crippen LogP contribution in [0, 0.1) is 19.8 Å². The molecule has 1 saturated heterocycles. The van der Waals surface area contributed by atoms with Gasteiger partial charge < -0.3 is 15.5 Å². The maximum atomic E-state index is 12.4. The van der Waals surface area contributed by atoms with Gasteiger partial charge in [-0.25, -0.2) is 0 Å². The van der Waals surface area contributed by atoms with Crippen molar-refractivity contribution >= 4 is 45.0 Å². The summed E-state index contributed by atoms with van der Waals surface area (Å²) >= 11 is 3.38. The van der Waals surface area contributed by atoms with Crippen LogP contribution in [0.4, 0.5) is 11.4 Å². The average molecular weight is 444 g/mol. The molecule has 2 aromatic rings. The van der Waals surface area contributed by atoms with E-state index in [4.69, 9.17) is 0 Å². The van der Waals surface area contributed by atoms with Crippen LogP contribution in [0.1, 0.15) is 17.5 Å². The molecule has 0 aromatic heterocycles. The fourth-order valence-electron chi connectivity index (χ4n) is 3.13. The fourth-order valence-corrected chi connectivity index (χ4v) is 3.61. The molecule has 1 heterocycles. The van der Waals surface area contributed by atoms with E-state index in [-0.39, 0.29) is 30.7 Å². The van der Waals surface area contributed by atoms with Crippen LogP contribution in [0.15, 0.2) is 46.9 Å². The van der Waals surface area contributed by atoms with Gasteiger partial charge in [-0.05, 0) is 49.7 Å². The predicted octanol–water partition coefficient (Wildman–Crippen LogP) is 3.17. The molecule has 1 aliphatic rings. The lowest BCUT2D eigenvalue weighted by Gasteiger charge is -2.17. The number of carbonyl (C=O) groups excluding carboxylic acids is 3. The molecule has 3 rings (SSSR count). The normalized spacial score (nSPS) is 16.2. The third-order valence-corrected chi connectivity index (χ3v) is 5.22. The number of amides is 3. The second kappa shape index (κ2) is 8.56. The van der Waals surface area contributed by atoms with Crippen molar-refractivity contribution in [1.29, 1.82) is 0 Å². The lowest BCUT2D eigenvalue weighted by molar-refractivity contribution is -0.127. The van der Waals surface area contributed by atoms with Crippen molar-refractivity contribution in [3.05, 3.63) is 58.1 Å². The highest BCUT2D eigenvalue weighted by Crippen LogP contribution is 2.25. The molecule has 0 unspecified atom stereocenters. The van der Waals surface area contributed by atoms with Gasteiger partial charge in [-0.3, -0.25) is 14.4 Å². The molecule has 0 aliphatic carbocycles. The Hall–Kier alpha value is -2.67. The van der Waals surface area contributed by atoms with Gasteiger partial charge in [0, 0.05) is 28.8 Å². The van der Waals surface area contributed by atoms with E-state index in [0.717, 1.165) is 21.3 Å². The molecule has 2 N–H and O–H groups in total. The number of anilines is 2. The third kappa shape index (κ3) is 4.78. The zero-order valence-corrected chi connectivity index (χ0v) is 17.4. The van der Waals surface area contributed by atoms with Gasteiger partial charge >= 0.3 is 0 Å². The zero-order valence-electron chi connectivity index (χ0n) is 15.8. The second-order valence-electron chi connectivity index (χ2n) is 6.97. The van der Waals surface area contributed by atoms with Crippen molar-refractivity contribution in [2.24, 2.45) is 5.92 Å². The minimum atomic E-state index is -0.462. The van der Waals surface area contributed by atoms with E-state index < -0.39 is 5.92 Å². The van der Waals surface area contributed by atoms with E-state index in [0.29, 0.717) is 12.2 Å². The van der Waals surface area contributed by atoms with E-state index in [1.54, 1.807) is 11.0 Å². The highest BCUT2D eigenvalue weighted by atomic mass is 79.9. The first kappa shape index (κ1) is 20.1. The third-order valence-electron chi connectivity index (χ3n) is 4.73. The number of nitrogens with zero attached hydrogens (tertiary/aromatic N) is 1. The average Bonchev–Trinajstić information content (AvgIpc) is 3.04. The molecule has 28 heavy (non-hydrogen) atoms. The van der Waals surface area contributed by atoms with Crippen molar-refractivity contribution in [3.8, 4) is 0 Å². The van der Waals surface area contributed by atoms with Crippen LogP contribution in [0.5, 0.6) is 0 Å². The molecule has 0 spiro atoms. The highest BCUT2D eigenvalue weighted by Gasteiger charge is 2.35. The van der Waals surface area contributed by atoms with Crippen molar-refractivity contribution < 1.29 is 14.4 Å². The molecule has 7 heteroatoms. The van der Waals surface area contributed by atoms with Gasteiger partial charge in [0.15, 0.2) is 0 Å². The number of rotatable bonds is 5. The van der Waals surface area contributed by atoms with Crippen molar-refractivity contribution in [3.63, 3.8) is 0 Å². The summed E-state index contributed by atoms with van der Waals surface area (Å²) in [4.78, 5) is 38.5. The Morgan fingerprint density at radius 3 is 2.54 bits per heavy atom. The zero-order chi connectivity index (χ0) is 20.3. The van der Waals surface area contributed by atoms with Gasteiger partial charge in [0.2, 0.25) is 17.7 Å². The number of aryl methyl sites for hydroxylation is 2. The Balaban J connectivity index is 1.53. The van der Waals surface area contributed by atoms with Crippen LogP contribution < -0.4 is 15.5 Å². The lowest BCUT2D eigenvalue weighted by atomic mass is 10.1. The molecular weight excluding hydrogens is 422 g/mol. The van der Waals surface area contributed by atoms with Crippen molar-refractivity contribution in [2.75, 3.05) is 23.3 Å². The predicted molar refractivity (Wildman–Crippen MR) is 112 cm³/mol. The Labute approximate surface area is 172 Å². The molecule has 2 aromatic carbocycles. The van der Waals surface area contributed by atoms with Crippen LogP contribution >= 0.6 is 15.9 Å². The summed E-state index contributed by atoms with van der Waals surface area (Å²) in [6, 6.07) is 13.2. The maximum Gasteiger partial charge on any atom is 0.243 e. The van der Waals surface area contributed by atoms with E-state index in [1.165, 1.54) is 0 Å². The molecule has 0 radical (unpaired) electrons. The Morgan fingerprint density at radius 2 is 1.86 bits per heavy atom. The fraction of sp³-hybridized carbons (Fsp3) is 0.286. The monoisotopic (exact) mass is 443 g/mol. The van der Waals surface area contributed by atoms with E-state index in [9.17, 15) is 14.4 Å². The maximum absolute atomic E-state index is 12.4. The van der Waals surface area contributed by atoms with Crippen LogP contribution in [0.3, 0.4) is 0 Å². The van der Waals surface area contributed by atoms with E-state index in [1.807, 2.05) is 50.2 Å². The first-order valence-corrected chi connectivity index (χ1v) is 9.83. The summed E-state index contributed by atoms with van der Waals surface area (Å²) in [5.74, 6) is -1.14. The number of benzene rings is 2. The number of hydrogen-bond donors (Lipinski definition) is 2. The quantitative estimate of drug-likeness (QED) is 0.744. The van der Waals surface area contributed by atoms with Gasteiger partial charge in [-0.15, -0.1) is 0 Å². The molecule has 146 valence electrons. The number of halogens is 1. The highest BCUT2D eigenvalue weighted by molar-refractivity contribution is 9.10. The smallest absolute Gasteiger partial charge is 0.243 e. The molecule has 3 amide bonds. The summed E-state index contributed by atoms with van der Waals surface area (Å²) in [5.41, 5.74) is 3.51. The lowest BCUT2D eigenvalue weighted by Crippen LogP contribution is -2.38. The molecular formula is C21H22BrN3O3. The van der Waals surface area contributed by atoms with Gasteiger partial charge in [0.05, 0.1) is 12.5 Å². The van der Waals surface area contributed by atoms with Crippen molar-refractivity contribution in [1.82, 2.24) is 5.32 Å². The van der Waals surface area contributed by atoms with Crippen LogP contribution in [0.2, 0.25) is 0 Å². The minimum absolute atomic E-state index is 0.0843. The minimum Gasteiger partial charge on any atom is -0.347 e. The Kier molecular flexibility index (Phi) is 6.14. The second-order valence-corrected chi connectivity index (χ2v) is 7.88. The summed E-state index contributed by atoms with van der Waals surface area (Å²) < 4.78 is 0.931. The van der Waals surface area contributed by atoms with Gasteiger partial charge in [-0.1, -0.05) is 33.6 Å². The van der Waals surface area contributed by atoms with Gasteiger partial charge in [0.25, 0.3) is 0 Å². The number of hydrogen-bond acceptors (Lipinski definition) is 3. The molecule has 6 nitrogen and oxygen atoms in total. The summed E-state index contributed by atoms with van der Waals surface area (Å²) in [7, 11) is 0. The standard InChI is InChI=1S/C21H22BrN3O3/c1-13-3-6-17(7-4-13)25-12-15(10-20(25)27)21(28)23-11-19(26)24-18-8-5-16(22)9-14(18)2/h3-9,15H,10-12H2,1-2H3,(H,23,28)(H,24,26)/t15-/m1/s1. The first-order valence-electron chi connectivity index (χ1n) is 9.04. The van der Waals surface area contributed by atoms with Gasteiger partial charge in [0.1, 0.15) is 0 Å². The molecule has 1 atom stereocenters. The van der Waals surface area contributed by atoms with Crippen LogP contribution in [0.25, 0.3) is 0 Å². The summed E-state index contributed by atoms with van der Waals surface area (Å²) in [6.07, 6.45) is 0.146. The Morgan fingerprint density at radius 1 is 1.14 bits per heavy atom. The van der Waals surface area contributed by atoms with E-state index >= 15 is 0 Å². The first-order chi connectivity index (χ1) is 13.3.